The van der Waals surface area contributed by atoms with Crippen molar-refractivity contribution in [2.75, 3.05) is 32.1 Å². The number of hydrogen-bond donors (Lipinski definition) is 2. The lowest BCUT2D eigenvalue weighted by Crippen LogP contribution is -2.54. The van der Waals surface area contributed by atoms with E-state index in [0.717, 1.165) is 67.4 Å². The Hall–Kier alpha value is -3.27. The van der Waals surface area contributed by atoms with Crippen LogP contribution in [0.15, 0.2) is 41.8 Å². The number of ether oxygens (including phenoxy) is 1. The third-order valence-electron chi connectivity index (χ3n) is 9.25. The molecule has 9 heteroatoms. The number of benzene rings is 1. The van der Waals surface area contributed by atoms with Gasteiger partial charge >= 0.3 is 0 Å². The van der Waals surface area contributed by atoms with Crippen LogP contribution < -0.4 is 10.6 Å². The van der Waals surface area contributed by atoms with E-state index >= 15 is 0 Å². The number of likely N-dealkylation sites (tertiary alicyclic amines) is 1. The molecule has 0 bridgehead atoms. The lowest BCUT2D eigenvalue weighted by atomic mass is 9.89. The second kappa shape index (κ2) is 11.4. The smallest absolute Gasteiger partial charge is 0.225 e. The van der Waals surface area contributed by atoms with Crippen LogP contribution in [0.25, 0.3) is 22.2 Å². The van der Waals surface area contributed by atoms with Crippen LogP contribution in [0, 0.1) is 18.8 Å². The fourth-order valence-electron chi connectivity index (χ4n) is 7.03. The van der Waals surface area contributed by atoms with Crippen LogP contribution in [0.2, 0.25) is 0 Å². The number of nitrogens with zero attached hydrogens (tertiary/aromatic N) is 4. The zero-order chi connectivity index (χ0) is 28.8. The topological polar surface area (TPSA) is 84.3 Å². The molecular formula is C33H40N6O2S. The van der Waals surface area contributed by atoms with Gasteiger partial charge in [0, 0.05) is 48.6 Å². The maximum atomic E-state index is 12.9. The lowest BCUT2D eigenvalue weighted by molar-refractivity contribution is -0.148. The summed E-state index contributed by atoms with van der Waals surface area (Å²) in [7, 11) is 1.99. The van der Waals surface area contributed by atoms with Gasteiger partial charge < -0.3 is 24.8 Å². The molecule has 2 fully saturated rings. The molecule has 0 radical (unpaired) electrons. The normalized spacial score (nSPS) is 20.1. The highest BCUT2D eigenvalue weighted by atomic mass is 32.1. The van der Waals surface area contributed by atoms with Crippen molar-refractivity contribution < 1.29 is 9.53 Å². The number of anilines is 1. The molecule has 7 rings (SSSR count). The van der Waals surface area contributed by atoms with Crippen molar-refractivity contribution in [2.45, 2.75) is 64.8 Å². The molecular weight excluding hydrogens is 544 g/mol. The van der Waals surface area contributed by atoms with E-state index in [1.165, 1.54) is 34.4 Å². The molecule has 3 aromatic heterocycles. The van der Waals surface area contributed by atoms with Crippen LogP contribution in [0.3, 0.4) is 0 Å². The van der Waals surface area contributed by atoms with E-state index in [1.54, 1.807) is 11.3 Å². The largest absolute Gasteiger partial charge is 0.370 e. The zero-order valence-electron chi connectivity index (χ0n) is 24.7. The number of nitrogens with one attached hydrogen (secondary N) is 2. The van der Waals surface area contributed by atoms with Crippen LogP contribution in [0.4, 0.5) is 5.82 Å². The number of carbonyl (C=O) groups is 1. The fourth-order valence-corrected chi connectivity index (χ4v) is 7.94. The second-order valence-corrected chi connectivity index (χ2v) is 13.1. The van der Waals surface area contributed by atoms with Crippen LogP contribution in [0.1, 0.15) is 66.7 Å². The van der Waals surface area contributed by atoms with Gasteiger partial charge in [0.1, 0.15) is 23.4 Å². The molecule has 42 heavy (non-hydrogen) atoms. The van der Waals surface area contributed by atoms with Crippen LogP contribution >= 0.6 is 11.3 Å². The van der Waals surface area contributed by atoms with Gasteiger partial charge in [-0.25, -0.2) is 9.97 Å². The van der Waals surface area contributed by atoms with E-state index < -0.39 is 0 Å². The van der Waals surface area contributed by atoms with Crippen molar-refractivity contribution in [3.63, 3.8) is 0 Å². The van der Waals surface area contributed by atoms with Gasteiger partial charge in [0.05, 0.1) is 18.0 Å². The minimum atomic E-state index is -0.0244. The third kappa shape index (κ3) is 5.01. The van der Waals surface area contributed by atoms with Crippen LogP contribution in [0.5, 0.6) is 0 Å². The van der Waals surface area contributed by atoms with Gasteiger partial charge in [-0.1, -0.05) is 37.1 Å². The van der Waals surface area contributed by atoms with E-state index in [1.807, 2.05) is 14.0 Å². The maximum absolute atomic E-state index is 12.9. The second-order valence-electron chi connectivity index (χ2n) is 12.1. The molecule has 2 atom stereocenters. The minimum Gasteiger partial charge on any atom is -0.370 e. The predicted octanol–water partition coefficient (Wildman–Crippen LogP) is 6.08. The summed E-state index contributed by atoms with van der Waals surface area (Å²) >= 11 is 1.78. The van der Waals surface area contributed by atoms with E-state index in [2.05, 4.69) is 68.8 Å². The number of aryl methyl sites for hydroxylation is 1. The Bertz CT molecular complexity index is 1600. The van der Waals surface area contributed by atoms with Crippen molar-refractivity contribution >= 4 is 34.1 Å². The van der Waals surface area contributed by atoms with Gasteiger partial charge in [-0.05, 0) is 67.9 Å². The Balaban J connectivity index is 1.12. The first-order valence-corrected chi connectivity index (χ1v) is 16.2. The highest BCUT2D eigenvalue weighted by Gasteiger charge is 2.42. The Morgan fingerprint density at radius 2 is 1.98 bits per heavy atom. The van der Waals surface area contributed by atoms with E-state index in [0.29, 0.717) is 18.4 Å². The monoisotopic (exact) mass is 584 g/mol. The number of hydrogen-bond acceptors (Lipinski definition) is 7. The van der Waals surface area contributed by atoms with Crippen molar-refractivity contribution in [3.8, 4) is 11.1 Å². The number of rotatable bonds is 8. The van der Waals surface area contributed by atoms with Crippen LogP contribution in [-0.2, 0) is 22.6 Å². The zero-order valence-corrected chi connectivity index (χ0v) is 25.5. The summed E-state index contributed by atoms with van der Waals surface area (Å²) < 4.78 is 8.67. The number of carbonyl (C=O) groups excluding carboxylic acids is 1. The number of aromatic nitrogens is 3. The molecule has 1 aliphatic carbocycles. The molecule has 1 saturated carbocycles. The molecule has 3 aliphatic rings. The molecule has 1 unspecified atom stereocenters. The Morgan fingerprint density at radius 3 is 2.79 bits per heavy atom. The molecule has 2 aliphatic heterocycles. The summed E-state index contributed by atoms with van der Waals surface area (Å²) in [6, 6.07) is 13.2. The van der Waals surface area contributed by atoms with Crippen molar-refractivity contribution in [3.05, 3.63) is 63.7 Å². The van der Waals surface area contributed by atoms with Gasteiger partial charge in [0.15, 0.2) is 0 Å². The van der Waals surface area contributed by atoms with Gasteiger partial charge in [0.25, 0.3) is 0 Å². The van der Waals surface area contributed by atoms with Gasteiger partial charge in [0.2, 0.25) is 5.91 Å². The average molecular weight is 585 g/mol. The molecule has 0 spiro atoms. The number of fused-ring (bicyclic) bond motifs is 3. The first-order chi connectivity index (χ1) is 20.5. The molecule has 2 N–H and O–H groups in total. The molecule has 8 nitrogen and oxygen atoms in total. The SMILES string of the molecule is CNCc1ccccc1-c1csc([C@@H](C)Nc2nc(C)nc3c2cc2n3CCOC2C2CN(C(=O)C3CCCC3)C2)c1. The van der Waals surface area contributed by atoms with Crippen LogP contribution in [-0.4, -0.2) is 52.1 Å². The highest BCUT2D eigenvalue weighted by Crippen LogP contribution is 2.41. The molecule has 220 valence electrons. The Labute approximate surface area is 251 Å². The molecule has 1 saturated heterocycles. The van der Waals surface area contributed by atoms with Crippen molar-refractivity contribution in [2.24, 2.45) is 11.8 Å². The molecule has 1 amide bonds. The summed E-state index contributed by atoms with van der Waals surface area (Å²) in [6.45, 7) is 8.01. The summed E-state index contributed by atoms with van der Waals surface area (Å²) in [5, 5.41) is 10.3. The molecule has 4 aromatic rings. The third-order valence-corrected chi connectivity index (χ3v) is 10.4. The fraction of sp³-hybridized carbons (Fsp3) is 0.485. The van der Waals surface area contributed by atoms with E-state index in [-0.39, 0.29) is 18.1 Å². The summed E-state index contributed by atoms with van der Waals surface area (Å²) in [6.07, 6.45) is 4.46. The van der Waals surface area contributed by atoms with Crippen molar-refractivity contribution in [1.29, 1.82) is 0 Å². The molecule has 5 heterocycles. The predicted molar refractivity (Wildman–Crippen MR) is 168 cm³/mol. The Kier molecular flexibility index (Phi) is 7.50. The quantitative estimate of drug-likeness (QED) is 0.261. The minimum absolute atomic E-state index is 0.0244. The Morgan fingerprint density at radius 1 is 1.17 bits per heavy atom. The first kappa shape index (κ1) is 27.6. The van der Waals surface area contributed by atoms with Crippen molar-refractivity contribution in [1.82, 2.24) is 24.8 Å². The molecule has 1 aromatic carbocycles. The van der Waals surface area contributed by atoms with E-state index in [4.69, 9.17) is 14.7 Å². The number of thiophene rings is 1. The standard InChI is InChI=1S/C33H40N6O2S/c1-20(29-14-24(19-42-29)26-11-7-6-10-23(26)16-34-3)35-31-27-15-28-30(41-13-12-39(28)32(27)37-21(2)36-31)25-17-38(18-25)33(40)22-8-4-5-9-22/h6-7,10-11,14-15,19-20,22,25,30,34H,4-5,8-9,12-13,16-18H2,1-3H3,(H,35,36,37)/t20-,30?/m1/s1. The summed E-state index contributed by atoms with van der Waals surface area (Å²) in [5.41, 5.74) is 5.94. The van der Waals surface area contributed by atoms with E-state index in [9.17, 15) is 4.79 Å². The lowest BCUT2D eigenvalue weighted by Gasteiger charge is -2.45. The highest BCUT2D eigenvalue weighted by molar-refractivity contribution is 7.10. The van der Waals surface area contributed by atoms with Gasteiger partial charge in [-0.2, -0.15) is 0 Å². The first-order valence-electron chi connectivity index (χ1n) is 15.4. The summed E-state index contributed by atoms with van der Waals surface area (Å²) in [5.74, 6) is 2.53. The van der Waals surface area contributed by atoms with Gasteiger partial charge in [-0.15, -0.1) is 11.3 Å². The maximum Gasteiger partial charge on any atom is 0.225 e. The average Bonchev–Trinajstić information content (AvgIpc) is 3.73. The van der Waals surface area contributed by atoms with Gasteiger partial charge in [-0.3, -0.25) is 4.79 Å². The summed E-state index contributed by atoms with van der Waals surface area (Å²) in [4.78, 5) is 26.0. The number of amides is 1.